The Morgan fingerprint density at radius 3 is 2.45 bits per heavy atom. The highest BCUT2D eigenvalue weighted by molar-refractivity contribution is 14.1. The maximum atomic E-state index is 11.5. The van der Waals surface area contributed by atoms with Gasteiger partial charge in [0.1, 0.15) is 12.4 Å². The summed E-state index contributed by atoms with van der Waals surface area (Å²) in [6.07, 6.45) is 0. The fraction of sp³-hybridized carbons (Fsp3) is 0.188. The Balaban J connectivity index is 1.98. The number of hydrogen-bond acceptors (Lipinski definition) is 3. The van der Waals surface area contributed by atoms with Gasteiger partial charge in [-0.25, -0.2) is 4.79 Å². The van der Waals surface area contributed by atoms with E-state index in [0.717, 1.165) is 11.3 Å². The van der Waals surface area contributed by atoms with Crippen LogP contribution < -0.4 is 4.74 Å². The molecule has 4 heteroatoms. The molecule has 0 heterocycles. The molecule has 3 nitrogen and oxygen atoms in total. The summed E-state index contributed by atoms with van der Waals surface area (Å²) in [7, 11) is 0. The Hall–Kier alpha value is -1.56. The van der Waals surface area contributed by atoms with Gasteiger partial charge in [-0.05, 0) is 59.8 Å². The van der Waals surface area contributed by atoms with Gasteiger partial charge in [0.2, 0.25) is 0 Å². The normalized spacial score (nSPS) is 10.1. The van der Waals surface area contributed by atoms with Gasteiger partial charge in [0.05, 0.1) is 12.2 Å². The van der Waals surface area contributed by atoms with Gasteiger partial charge in [0.15, 0.2) is 0 Å². The summed E-state index contributed by atoms with van der Waals surface area (Å²) in [6.45, 7) is 2.68. The maximum absolute atomic E-state index is 11.5. The second kappa shape index (κ2) is 7.28. The molecule has 0 amide bonds. The van der Waals surface area contributed by atoms with Crippen molar-refractivity contribution >= 4 is 28.6 Å². The molecule has 20 heavy (non-hydrogen) atoms. The lowest BCUT2D eigenvalue weighted by Gasteiger charge is -2.08. The first kappa shape index (κ1) is 14.8. The summed E-state index contributed by atoms with van der Waals surface area (Å²) >= 11 is 2.29. The van der Waals surface area contributed by atoms with Crippen LogP contribution in [0.2, 0.25) is 0 Å². The number of halogens is 1. The standard InChI is InChI=1S/C16H15IO3/c1-2-19-16(18)12-7-9-14(10-8-12)20-11-13-5-3-4-6-15(13)17/h3-10H,2,11H2,1H3. The van der Waals surface area contributed by atoms with Crippen molar-refractivity contribution in [1.29, 1.82) is 0 Å². The van der Waals surface area contributed by atoms with Gasteiger partial charge >= 0.3 is 5.97 Å². The fourth-order valence-electron chi connectivity index (χ4n) is 1.68. The number of esters is 1. The molecular formula is C16H15IO3. The van der Waals surface area contributed by atoms with Gasteiger partial charge < -0.3 is 9.47 Å². The van der Waals surface area contributed by atoms with Gasteiger partial charge in [0, 0.05) is 9.13 Å². The van der Waals surface area contributed by atoms with Gasteiger partial charge in [-0.1, -0.05) is 18.2 Å². The first-order valence-corrected chi connectivity index (χ1v) is 7.42. The Kier molecular flexibility index (Phi) is 5.40. The number of carbonyl (C=O) groups excluding carboxylic acids is 1. The van der Waals surface area contributed by atoms with E-state index >= 15 is 0 Å². The minimum absolute atomic E-state index is 0.309. The molecule has 0 saturated carbocycles. The highest BCUT2D eigenvalue weighted by atomic mass is 127. The van der Waals surface area contributed by atoms with E-state index in [2.05, 4.69) is 22.6 Å². The monoisotopic (exact) mass is 382 g/mol. The smallest absolute Gasteiger partial charge is 0.338 e. The third-order valence-corrected chi connectivity index (χ3v) is 3.77. The Bertz CT molecular complexity index is 579. The minimum atomic E-state index is -0.309. The first-order chi connectivity index (χ1) is 9.70. The van der Waals surface area contributed by atoms with Crippen LogP contribution in [0, 0.1) is 3.57 Å². The number of ether oxygens (including phenoxy) is 2. The lowest BCUT2D eigenvalue weighted by atomic mass is 10.2. The molecule has 0 fully saturated rings. The second-order valence-electron chi connectivity index (χ2n) is 4.12. The van der Waals surface area contributed by atoms with Crippen LogP contribution in [0.3, 0.4) is 0 Å². The average molecular weight is 382 g/mol. The lowest BCUT2D eigenvalue weighted by molar-refractivity contribution is 0.0526. The predicted molar refractivity (Wildman–Crippen MR) is 85.9 cm³/mol. The summed E-state index contributed by atoms with van der Waals surface area (Å²) in [4.78, 5) is 11.5. The van der Waals surface area contributed by atoms with Crippen molar-refractivity contribution in [3.63, 3.8) is 0 Å². The Labute approximate surface area is 132 Å². The molecule has 0 aromatic heterocycles. The van der Waals surface area contributed by atoms with Gasteiger partial charge in [0.25, 0.3) is 0 Å². The van der Waals surface area contributed by atoms with Crippen LogP contribution in [-0.2, 0) is 11.3 Å². The number of rotatable bonds is 5. The van der Waals surface area contributed by atoms with Crippen LogP contribution in [-0.4, -0.2) is 12.6 Å². The van der Waals surface area contributed by atoms with Gasteiger partial charge in [-0.15, -0.1) is 0 Å². The molecule has 0 bridgehead atoms. The molecule has 0 aliphatic rings. The molecule has 2 rings (SSSR count). The van der Waals surface area contributed by atoms with Crippen molar-refractivity contribution in [3.8, 4) is 5.75 Å². The van der Waals surface area contributed by atoms with Crippen molar-refractivity contribution in [2.75, 3.05) is 6.61 Å². The SMILES string of the molecule is CCOC(=O)c1ccc(OCc2ccccc2I)cc1. The van der Waals surface area contributed by atoms with E-state index < -0.39 is 0 Å². The molecule has 0 N–H and O–H groups in total. The maximum Gasteiger partial charge on any atom is 0.338 e. The predicted octanol–water partition coefficient (Wildman–Crippen LogP) is 4.05. The van der Waals surface area contributed by atoms with Crippen LogP contribution in [0.1, 0.15) is 22.8 Å². The van der Waals surface area contributed by atoms with Crippen molar-refractivity contribution in [2.24, 2.45) is 0 Å². The summed E-state index contributed by atoms with van der Waals surface area (Å²) in [6, 6.07) is 15.1. The zero-order valence-electron chi connectivity index (χ0n) is 11.1. The summed E-state index contributed by atoms with van der Waals surface area (Å²) in [5.74, 6) is 0.425. The van der Waals surface area contributed by atoms with Crippen LogP contribution in [0.4, 0.5) is 0 Å². The average Bonchev–Trinajstić information content (AvgIpc) is 2.47. The Morgan fingerprint density at radius 2 is 1.80 bits per heavy atom. The Morgan fingerprint density at radius 1 is 1.10 bits per heavy atom. The first-order valence-electron chi connectivity index (χ1n) is 6.34. The molecule has 0 spiro atoms. The fourth-order valence-corrected chi connectivity index (χ4v) is 2.22. The second-order valence-corrected chi connectivity index (χ2v) is 5.29. The number of carbonyl (C=O) groups is 1. The van der Waals surface area contributed by atoms with Crippen LogP contribution >= 0.6 is 22.6 Å². The molecule has 104 valence electrons. The lowest BCUT2D eigenvalue weighted by Crippen LogP contribution is -2.04. The van der Waals surface area contributed by atoms with E-state index in [1.54, 1.807) is 31.2 Å². The van der Waals surface area contributed by atoms with Gasteiger partial charge in [-0.2, -0.15) is 0 Å². The molecule has 0 unspecified atom stereocenters. The zero-order valence-corrected chi connectivity index (χ0v) is 13.3. The van der Waals surface area contributed by atoms with Gasteiger partial charge in [-0.3, -0.25) is 0 Å². The van der Waals surface area contributed by atoms with E-state index in [9.17, 15) is 4.79 Å². The molecule has 0 aliphatic carbocycles. The third-order valence-electron chi connectivity index (χ3n) is 2.72. The summed E-state index contributed by atoms with van der Waals surface area (Å²) in [5.41, 5.74) is 1.68. The van der Waals surface area contributed by atoms with Crippen molar-refractivity contribution in [3.05, 3.63) is 63.2 Å². The van der Waals surface area contributed by atoms with Crippen LogP contribution in [0.15, 0.2) is 48.5 Å². The highest BCUT2D eigenvalue weighted by Gasteiger charge is 2.06. The molecule has 0 aliphatic heterocycles. The van der Waals surface area contributed by atoms with E-state index in [-0.39, 0.29) is 5.97 Å². The molecular weight excluding hydrogens is 367 g/mol. The minimum Gasteiger partial charge on any atom is -0.489 e. The molecule has 0 atom stereocenters. The van der Waals surface area contributed by atoms with E-state index in [1.165, 1.54) is 3.57 Å². The van der Waals surface area contributed by atoms with Crippen molar-refractivity contribution in [2.45, 2.75) is 13.5 Å². The zero-order chi connectivity index (χ0) is 14.4. The largest absolute Gasteiger partial charge is 0.489 e. The summed E-state index contributed by atoms with van der Waals surface area (Å²) in [5, 5.41) is 0. The van der Waals surface area contributed by atoms with E-state index in [0.29, 0.717) is 18.8 Å². The quantitative estimate of drug-likeness (QED) is 0.578. The summed E-state index contributed by atoms with van der Waals surface area (Å²) < 4.78 is 11.8. The molecule has 2 aromatic rings. The molecule has 0 radical (unpaired) electrons. The van der Waals surface area contributed by atoms with Crippen molar-refractivity contribution in [1.82, 2.24) is 0 Å². The van der Waals surface area contributed by atoms with E-state index in [1.807, 2.05) is 24.3 Å². The highest BCUT2D eigenvalue weighted by Crippen LogP contribution is 2.17. The van der Waals surface area contributed by atoms with Crippen LogP contribution in [0.25, 0.3) is 0 Å². The topological polar surface area (TPSA) is 35.5 Å². The van der Waals surface area contributed by atoms with E-state index in [4.69, 9.17) is 9.47 Å². The number of hydrogen-bond donors (Lipinski definition) is 0. The van der Waals surface area contributed by atoms with Crippen LogP contribution in [0.5, 0.6) is 5.75 Å². The number of benzene rings is 2. The van der Waals surface area contributed by atoms with Crippen molar-refractivity contribution < 1.29 is 14.3 Å². The molecule has 0 saturated heterocycles. The molecule has 2 aromatic carbocycles. The third kappa shape index (κ3) is 3.96.